The van der Waals surface area contributed by atoms with Gasteiger partial charge in [-0.2, -0.15) is 0 Å². The van der Waals surface area contributed by atoms with E-state index in [1.54, 1.807) is 37.5 Å². The number of aromatic nitrogens is 9. The summed E-state index contributed by atoms with van der Waals surface area (Å²) in [7, 11) is 0. The van der Waals surface area contributed by atoms with Crippen LogP contribution in [0.3, 0.4) is 0 Å². The first-order chi connectivity index (χ1) is 34.3. The zero-order valence-electron chi connectivity index (χ0n) is 44.7. The first-order valence-electron chi connectivity index (χ1n) is 25.7. The monoisotopic (exact) mass is 997 g/mol. The summed E-state index contributed by atoms with van der Waals surface area (Å²) in [6, 6.07) is 16.9. The van der Waals surface area contributed by atoms with Gasteiger partial charge >= 0.3 is 0 Å². The third-order valence-electron chi connectivity index (χ3n) is 12.8. The Morgan fingerprint density at radius 2 is 1.04 bits per heavy atom. The van der Waals surface area contributed by atoms with Gasteiger partial charge in [-0.1, -0.05) is 47.6 Å². The van der Waals surface area contributed by atoms with E-state index in [2.05, 4.69) is 61.2 Å². The van der Waals surface area contributed by atoms with Crippen molar-refractivity contribution in [3.8, 4) is 5.69 Å². The standard InChI is InChI=1S/C20H23FN4O.C20H28N4O.C16H22N4O2/c1-12-6-8-14(10-15(12)21)25-18-16(9-7-13(2)22-18)23-19(25)24-17(26)11-20(3,4)5;1-12-5-10-15-18(21-12)24(17(13-6-7-13)14-8-9-14)19(22-15)23-16(25)11-20(2,3)4;1-10-4-7-12-14(17-10)20(9-11-5-6-11)15(18-12)19-13(21)8-16(2,3)22/h6-10H,11H2,1-5H3,(H,23,24,26);5,10,13-14,17H,6-9,11H2,1-4H3,(H,22,23,25);4,7,11,22H,5-6,8-9H2,1-3H3,(H,18,19,21). The number of benzene rings is 1. The molecule has 3 amide bonds. The summed E-state index contributed by atoms with van der Waals surface area (Å²) in [5.41, 5.74) is 7.26. The minimum absolute atomic E-state index is 0.0334. The summed E-state index contributed by atoms with van der Waals surface area (Å²) >= 11 is 0. The fraction of sp³-hybridized carbons (Fsp3) is 0.518. The SMILES string of the molecule is Cc1ccc2nc(NC(=O)CC(C)(C)C)n(-c3ccc(C)c(F)c3)c2n1.Cc1ccc2nc(NC(=O)CC(C)(C)C)n(C(C3CC3)C3CC3)c2n1.Cc1ccc2nc(NC(=O)CC(C)(C)O)n(CC3CC3)c2n1. The normalized spacial score (nSPS) is 15.0. The van der Waals surface area contributed by atoms with Crippen LogP contribution >= 0.6 is 0 Å². The van der Waals surface area contributed by atoms with Crippen LogP contribution in [-0.4, -0.2) is 72.0 Å². The molecule has 3 fully saturated rings. The fourth-order valence-corrected chi connectivity index (χ4v) is 9.01. The van der Waals surface area contributed by atoms with Crippen molar-refractivity contribution in [2.24, 2.45) is 28.6 Å². The number of carbonyl (C=O) groups is 3. The molecule has 6 heterocycles. The molecule has 3 saturated carbocycles. The van der Waals surface area contributed by atoms with Gasteiger partial charge in [0.2, 0.25) is 35.6 Å². The molecule has 17 heteroatoms. The van der Waals surface area contributed by atoms with Crippen LogP contribution in [0.15, 0.2) is 54.6 Å². The van der Waals surface area contributed by atoms with Crippen molar-refractivity contribution in [1.82, 2.24) is 43.6 Å². The molecular weight excluding hydrogens is 924 g/mol. The van der Waals surface area contributed by atoms with E-state index in [1.165, 1.54) is 44.6 Å². The molecule has 16 nitrogen and oxygen atoms in total. The number of aliphatic hydroxyl groups is 1. The first kappa shape index (κ1) is 52.7. The Morgan fingerprint density at radius 1 is 0.589 bits per heavy atom. The van der Waals surface area contributed by atoms with Crippen molar-refractivity contribution in [3.63, 3.8) is 0 Å². The van der Waals surface area contributed by atoms with E-state index in [9.17, 15) is 23.9 Å². The summed E-state index contributed by atoms with van der Waals surface area (Å²) in [5, 5.41) is 18.5. The van der Waals surface area contributed by atoms with Crippen LogP contribution in [0.2, 0.25) is 0 Å². The Labute approximate surface area is 427 Å². The number of anilines is 3. The Hall–Kier alpha value is -6.62. The topological polar surface area (TPSA) is 200 Å². The van der Waals surface area contributed by atoms with Crippen LogP contribution in [0, 0.1) is 62.1 Å². The van der Waals surface area contributed by atoms with Crippen molar-refractivity contribution in [1.29, 1.82) is 0 Å². The van der Waals surface area contributed by atoms with Crippen LogP contribution < -0.4 is 16.0 Å². The highest BCUT2D eigenvalue weighted by molar-refractivity contribution is 5.93. The zero-order valence-corrected chi connectivity index (χ0v) is 44.7. The Balaban J connectivity index is 0.000000147. The molecule has 10 rings (SSSR count). The van der Waals surface area contributed by atoms with Crippen molar-refractivity contribution >= 4 is 69.1 Å². The van der Waals surface area contributed by atoms with Gasteiger partial charge in [0.1, 0.15) is 22.4 Å². The first-order valence-corrected chi connectivity index (χ1v) is 25.7. The molecule has 0 bridgehead atoms. The highest BCUT2D eigenvalue weighted by atomic mass is 19.1. The predicted molar refractivity (Wildman–Crippen MR) is 285 cm³/mol. The Bertz CT molecular complexity index is 3160. The van der Waals surface area contributed by atoms with Crippen molar-refractivity contribution in [3.05, 3.63) is 83.1 Å². The number of rotatable bonds is 13. The molecule has 0 saturated heterocycles. The second-order valence-electron chi connectivity index (χ2n) is 23.7. The lowest BCUT2D eigenvalue weighted by Gasteiger charge is -2.22. The Kier molecular flexibility index (Phi) is 15.0. The molecule has 388 valence electrons. The van der Waals surface area contributed by atoms with E-state index in [0.29, 0.717) is 76.9 Å². The lowest BCUT2D eigenvalue weighted by Crippen LogP contribution is -2.28. The molecule has 73 heavy (non-hydrogen) atoms. The number of carbonyl (C=O) groups excluding carboxylic acids is 3. The van der Waals surface area contributed by atoms with E-state index in [4.69, 9.17) is 9.97 Å². The average Bonchev–Trinajstić information content (AvgIpc) is 4.18. The van der Waals surface area contributed by atoms with Gasteiger partial charge in [0.05, 0.1) is 17.7 Å². The van der Waals surface area contributed by atoms with E-state index >= 15 is 0 Å². The lowest BCUT2D eigenvalue weighted by atomic mass is 9.92. The van der Waals surface area contributed by atoms with E-state index in [-0.39, 0.29) is 40.8 Å². The Morgan fingerprint density at radius 3 is 1.55 bits per heavy atom. The van der Waals surface area contributed by atoms with Gasteiger partial charge in [0.25, 0.3) is 0 Å². The number of pyridine rings is 3. The molecule has 0 aliphatic heterocycles. The largest absolute Gasteiger partial charge is 0.390 e. The highest BCUT2D eigenvalue weighted by Crippen LogP contribution is 2.53. The molecule has 0 unspecified atom stereocenters. The van der Waals surface area contributed by atoms with Gasteiger partial charge in [-0.05, 0) is 163 Å². The molecule has 4 N–H and O–H groups in total. The van der Waals surface area contributed by atoms with E-state index in [0.717, 1.165) is 46.0 Å². The second kappa shape index (κ2) is 20.7. The molecule has 6 aromatic heterocycles. The van der Waals surface area contributed by atoms with Crippen molar-refractivity contribution < 1.29 is 23.9 Å². The highest BCUT2D eigenvalue weighted by Gasteiger charge is 2.44. The molecule has 3 aliphatic carbocycles. The summed E-state index contributed by atoms with van der Waals surface area (Å²) in [5.74, 6) is 2.96. The number of nitrogens with zero attached hydrogens (tertiary/aromatic N) is 9. The number of hydrogen-bond donors (Lipinski definition) is 4. The zero-order chi connectivity index (χ0) is 52.7. The number of nitrogens with one attached hydrogen (secondary N) is 3. The quantitative estimate of drug-likeness (QED) is 0.0862. The molecule has 0 spiro atoms. The summed E-state index contributed by atoms with van der Waals surface area (Å²) in [6.45, 7) is 23.8. The summed E-state index contributed by atoms with van der Waals surface area (Å²) in [6.07, 6.45) is 8.41. The smallest absolute Gasteiger partial charge is 0.229 e. The molecule has 7 aromatic rings. The maximum Gasteiger partial charge on any atom is 0.229 e. The van der Waals surface area contributed by atoms with E-state index < -0.39 is 5.60 Å². The molecule has 1 aromatic carbocycles. The summed E-state index contributed by atoms with van der Waals surface area (Å²) in [4.78, 5) is 64.6. The van der Waals surface area contributed by atoms with E-state index in [1.807, 2.05) is 82.5 Å². The molecule has 0 radical (unpaired) electrons. The third-order valence-corrected chi connectivity index (χ3v) is 12.8. The van der Waals surface area contributed by atoms with Gasteiger partial charge in [-0.25, -0.2) is 34.3 Å². The van der Waals surface area contributed by atoms with Crippen LogP contribution in [0.25, 0.3) is 39.2 Å². The van der Waals surface area contributed by atoms with Gasteiger partial charge in [0.15, 0.2) is 16.9 Å². The van der Waals surface area contributed by atoms with Crippen LogP contribution in [0.4, 0.5) is 22.2 Å². The number of hydrogen-bond acceptors (Lipinski definition) is 10. The number of aryl methyl sites for hydroxylation is 4. The van der Waals surface area contributed by atoms with Gasteiger partial charge < -0.3 is 5.11 Å². The minimum Gasteiger partial charge on any atom is -0.390 e. The van der Waals surface area contributed by atoms with Gasteiger partial charge in [0, 0.05) is 42.5 Å². The van der Waals surface area contributed by atoms with Crippen LogP contribution in [0.5, 0.6) is 0 Å². The number of imidazole rings is 3. The van der Waals surface area contributed by atoms with Crippen molar-refractivity contribution in [2.75, 3.05) is 16.0 Å². The molecule has 3 aliphatic rings. The maximum absolute atomic E-state index is 14.1. The van der Waals surface area contributed by atoms with Crippen molar-refractivity contribution in [2.45, 2.75) is 159 Å². The summed E-state index contributed by atoms with van der Waals surface area (Å²) < 4.78 is 20.0. The average molecular weight is 997 g/mol. The predicted octanol–water partition coefficient (Wildman–Crippen LogP) is 11.3. The van der Waals surface area contributed by atoms with Crippen LogP contribution in [-0.2, 0) is 20.9 Å². The van der Waals surface area contributed by atoms with Gasteiger partial charge in [-0.15, -0.1) is 0 Å². The van der Waals surface area contributed by atoms with Gasteiger partial charge in [-0.3, -0.25) is 44.0 Å². The molecule has 0 atom stereocenters. The minimum atomic E-state index is -1.04. The number of halogens is 1. The van der Waals surface area contributed by atoms with Crippen LogP contribution in [0.1, 0.15) is 142 Å². The fourth-order valence-electron chi connectivity index (χ4n) is 9.01. The third kappa shape index (κ3) is 13.9. The number of fused-ring (bicyclic) bond motifs is 3. The maximum atomic E-state index is 14.1. The molecular formula is C56H73FN12O4. The lowest BCUT2D eigenvalue weighted by molar-refractivity contribution is -0.120. The number of amides is 3. The second-order valence-corrected chi connectivity index (χ2v) is 23.7.